The van der Waals surface area contributed by atoms with Crippen LogP contribution in [0.4, 0.5) is 0 Å². The topological polar surface area (TPSA) is 173 Å². The molecule has 14 nitrogen and oxygen atoms in total. The summed E-state index contributed by atoms with van der Waals surface area (Å²) in [6.45, 7) is 16.2. The highest BCUT2D eigenvalue weighted by Crippen LogP contribution is 2.27. The molecular formula is C57H104N2O12. The Bertz CT molecular complexity index is 1390. The van der Waals surface area contributed by atoms with Crippen molar-refractivity contribution in [2.45, 2.75) is 247 Å². The molecule has 1 aliphatic heterocycles. The second-order valence-electron chi connectivity index (χ2n) is 20.9. The number of rotatable bonds is 47. The van der Waals surface area contributed by atoms with E-state index in [1.807, 2.05) is 0 Å². The molecule has 1 heterocycles. The van der Waals surface area contributed by atoms with Crippen molar-refractivity contribution in [1.82, 2.24) is 10.2 Å². The predicted octanol–water partition coefficient (Wildman–Crippen LogP) is 12.0. The van der Waals surface area contributed by atoms with Crippen LogP contribution in [0, 0.1) is 17.3 Å². The van der Waals surface area contributed by atoms with Crippen molar-refractivity contribution in [1.29, 1.82) is 0 Å². The Labute approximate surface area is 431 Å². The van der Waals surface area contributed by atoms with Gasteiger partial charge in [0, 0.05) is 57.3 Å². The fraction of sp³-hybridized carbons (Fsp3) is 0.895. The van der Waals surface area contributed by atoms with E-state index in [-0.39, 0.29) is 76.6 Å². The number of morpholine rings is 1. The van der Waals surface area contributed by atoms with Gasteiger partial charge in [-0.3, -0.25) is 33.7 Å². The number of hydrogen-bond acceptors (Lipinski definition) is 13. The van der Waals surface area contributed by atoms with Gasteiger partial charge in [-0.05, 0) is 50.4 Å². The zero-order valence-electron chi connectivity index (χ0n) is 46.1. The van der Waals surface area contributed by atoms with Crippen LogP contribution in [0.25, 0.3) is 0 Å². The van der Waals surface area contributed by atoms with E-state index in [1.54, 1.807) is 13.8 Å². The SMILES string of the molecule is CCCCCCCCC(CCCCCC)COC(=O)CCCC(=O)OCC(C)(C)[C@@H](OC(=O)CCCC(=O)OCC(CCCCCC)CCCCCCCC)C(=O)NCCC(=O)OCCN1CCOCC1. The molecule has 0 bridgehead atoms. The van der Waals surface area contributed by atoms with Crippen molar-refractivity contribution in [2.24, 2.45) is 17.3 Å². The van der Waals surface area contributed by atoms with Crippen molar-refractivity contribution in [2.75, 3.05) is 65.8 Å². The van der Waals surface area contributed by atoms with E-state index < -0.39 is 35.3 Å². The zero-order valence-corrected chi connectivity index (χ0v) is 46.1. The molecule has 14 heteroatoms. The molecule has 0 spiro atoms. The first-order valence-corrected chi connectivity index (χ1v) is 28.7. The molecule has 1 aliphatic rings. The standard InChI is InChI=1S/C57H104N2O12/c1-7-11-15-19-21-25-31-48(29-23-17-13-9-3)45-68-50(60)33-27-35-52(62)70-47-57(5,6)55(56(65)58-38-37-53(63)67-44-41-59-39-42-66-43-40-59)71-54(64)36-28-34-51(61)69-46-49(30-24-18-14-10-4)32-26-22-20-16-12-8-2/h48-49,55H,7-47H2,1-6H3,(H,58,65)/t48?,49?,55-/m0/s1. The van der Waals surface area contributed by atoms with Crippen molar-refractivity contribution < 1.29 is 57.2 Å². The maximum absolute atomic E-state index is 13.7. The van der Waals surface area contributed by atoms with Crippen LogP contribution in [-0.2, 0) is 57.2 Å². The number of unbranched alkanes of at least 4 members (excludes halogenated alkanes) is 16. The van der Waals surface area contributed by atoms with Gasteiger partial charge in [-0.25, -0.2) is 0 Å². The molecule has 2 unspecified atom stereocenters. The van der Waals surface area contributed by atoms with Crippen molar-refractivity contribution >= 4 is 35.8 Å². The van der Waals surface area contributed by atoms with Gasteiger partial charge in [-0.2, -0.15) is 0 Å². The summed E-state index contributed by atoms with van der Waals surface area (Å²) in [5.74, 6) is -2.40. The van der Waals surface area contributed by atoms with Crippen LogP contribution in [0.2, 0.25) is 0 Å². The third-order valence-electron chi connectivity index (χ3n) is 13.6. The zero-order chi connectivity index (χ0) is 52.2. The summed E-state index contributed by atoms with van der Waals surface area (Å²) in [6, 6.07) is 0. The van der Waals surface area contributed by atoms with Crippen LogP contribution in [0.1, 0.15) is 241 Å². The summed E-state index contributed by atoms with van der Waals surface area (Å²) in [5, 5.41) is 2.70. The molecular weight excluding hydrogens is 905 g/mol. The molecule has 0 aromatic heterocycles. The first-order chi connectivity index (χ1) is 34.3. The number of ether oxygens (including phenoxy) is 6. The van der Waals surface area contributed by atoms with Gasteiger partial charge in [0.15, 0.2) is 6.10 Å². The first kappa shape index (κ1) is 65.8. The van der Waals surface area contributed by atoms with Crippen LogP contribution in [0.5, 0.6) is 0 Å². The maximum atomic E-state index is 13.7. The van der Waals surface area contributed by atoms with Crippen LogP contribution in [0.3, 0.4) is 0 Å². The highest BCUT2D eigenvalue weighted by molar-refractivity contribution is 5.85. The molecule has 0 aliphatic carbocycles. The number of esters is 5. The van der Waals surface area contributed by atoms with E-state index in [4.69, 9.17) is 28.4 Å². The second kappa shape index (κ2) is 44.2. The average Bonchev–Trinajstić information content (AvgIpc) is 3.35. The molecule has 1 fully saturated rings. The van der Waals surface area contributed by atoms with Gasteiger partial charge >= 0.3 is 29.8 Å². The highest BCUT2D eigenvalue weighted by Gasteiger charge is 2.40. The summed E-state index contributed by atoms with van der Waals surface area (Å²) < 4.78 is 33.5. The second-order valence-corrected chi connectivity index (χ2v) is 20.9. The van der Waals surface area contributed by atoms with Crippen molar-refractivity contribution in [3.05, 3.63) is 0 Å². The smallest absolute Gasteiger partial charge is 0.307 e. The number of carbonyl (C=O) groups is 6. The summed E-state index contributed by atoms with van der Waals surface area (Å²) in [5.41, 5.74) is -1.18. The van der Waals surface area contributed by atoms with Crippen molar-refractivity contribution in [3.8, 4) is 0 Å². The maximum Gasteiger partial charge on any atom is 0.307 e. The molecule has 71 heavy (non-hydrogen) atoms. The van der Waals surface area contributed by atoms with Gasteiger partial charge < -0.3 is 33.7 Å². The minimum atomic E-state index is -1.39. The largest absolute Gasteiger partial charge is 0.465 e. The molecule has 0 radical (unpaired) electrons. The lowest BCUT2D eigenvalue weighted by molar-refractivity contribution is -0.169. The minimum absolute atomic E-state index is 0.0254. The highest BCUT2D eigenvalue weighted by atomic mass is 16.6. The number of amides is 1. The molecule has 1 rings (SSSR count). The van der Waals surface area contributed by atoms with E-state index in [1.165, 1.54) is 103 Å². The Morgan fingerprint density at radius 1 is 0.493 bits per heavy atom. The predicted molar refractivity (Wildman–Crippen MR) is 281 cm³/mol. The van der Waals surface area contributed by atoms with Crippen LogP contribution < -0.4 is 5.32 Å². The summed E-state index contributed by atoms with van der Waals surface area (Å²) in [6.07, 6.45) is 27.1. The summed E-state index contributed by atoms with van der Waals surface area (Å²) in [7, 11) is 0. The van der Waals surface area contributed by atoms with E-state index in [0.717, 1.165) is 64.5 Å². The quantitative estimate of drug-likeness (QED) is 0.0347. The van der Waals surface area contributed by atoms with Crippen LogP contribution in [-0.4, -0.2) is 113 Å². The molecule has 1 saturated heterocycles. The number of carbonyl (C=O) groups excluding carboxylic acids is 6. The minimum Gasteiger partial charge on any atom is -0.465 e. The van der Waals surface area contributed by atoms with E-state index in [9.17, 15) is 28.8 Å². The fourth-order valence-electron chi connectivity index (χ4n) is 8.83. The Balaban J connectivity index is 2.77. The molecule has 0 aromatic rings. The number of hydrogen-bond donors (Lipinski definition) is 1. The monoisotopic (exact) mass is 1010 g/mol. The first-order valence-electron chi connectivity index (χ1n) is 28.7. The average molecular weight is 1010 g/mol. The molecule has 414 valence electrons. The van der Waals surface area contributed by atoms with Gasteiger partial charge in [-0.15, -0.1) is 0 Å². The van der Waals surface area contributed by atoms with Crippen LogP contribution >= 0.6 is 0 Å². The number of nitrogens with one attached hydrogen (secondary N) is 1. The molecule has 1 amide bonds. The lowest BCUT2D eigenvalue weighted by Gasteiger charge is -2.32. The van der Waals surface area contributed by atoms with Gasteiger partial charge in [-0.1, -0.05) is 170 Å². The van der Waals surface area contributed by atoms with Gasteiger partial charge in [0.2, 0.25) is 0 Å². The van der Waals surface area contributed by atoms with Gasteiger partial charge in [0.05, 0.1) is 32.8 Å². The molecule has 3 atom stereocenters. The Morgan fingerprint density at radius 2 is 0.887 bits per heavy atom. The summed E-state index contributed by atoms with van der Waals surface area (Å²) in [4.78, 5) is 80.2. The third kappa shape index (κ3) is 37.2. The lowest BCUT2D eigenvalue weighted by atomic mass is 9.86. The molecule has 0 saturated carbocycles. The Morgan fingerprint density at radius 3 is 1.35 bits per heavy atom. The third-order valence-corrected chi connectivity index (χ3v) is 13.6. The normalized spacial score (nSPS) is 14.3. The number of nitrogens with zero attached hydrogens (tertiary/aromatic N) is 1. The van der Waals surface area contributed by atoms with E-state index in [0.29, 0.717) is 44.8 Å². The molecule has 0 aromatic carbocycles. The van der Waals surface area contributed by atoms with E-state index >= 15 is 0 Å². The van der Waals surface area contributed by atoms with Gasteiger partial charge in [0.1, 0.15) is 13.2 Å². The van der Waals surface area contributed by atoms with Crippen molar-refractivity contribution in [3.63, 3.8) is 0 Å². The van der Waals surface area contributed by atoms with Gasteiger partial charge in [0.25, 0.3) is 5.91 Å². The van der Waals surface area contributed by atoms with Crippen LogP contribution in [0.15, 0.2) is 0 Å². The Kier molecular flexibility index (Phi) is 41.0. The Hall–Kier alpha value is -3.26. The van der Waals surface area contributed by atoms with E-state index in [2.05, 4.69) is 37.9 Å². The lowest BCUT2D eigenvalue weighted by Crippen LogP contribution is -2.49. The summed E-state index contributed by atoms with van der Waals surface area (Å²) >= 11 is 0. The fourth-order valence-corrected chi connectivity index (χ4v) is 8.83. The molecule has 1 N–H and O–H groups in total.